The molecular formula is C12H14F3NO4. The van der Waals surface area contributed by atoms with Crippen LogP contribution in [0, 0.1) is 0 Å². The van der Waals surface area contributed by atoms with Gasteiger partial charge in [0.2, 0.25) is 0 Å². The van der Waals surface area contributed by atoms with E-state index in [0.717, 1.165) is 13.2 Å². The van der Waals surface area contributed by atoms with Crippen molar-refractivity contribution in [3.05, 3.63) is 23.3 Å². The number of benzene rings is 1. The molecule has 1 rings (SSSR count). The standard InChI is InChI=1S/C12H14F3NO4/c1-19-9-5-6(4-8(16)11(17)18)3-7(10(9)20-2)12(13,14)15/h3,5,8H,4,16H2,1-2H3,(H,17,18). The predicted octanol–water partition coefficient (Wildman–Crippen LogP) is 1.68. The Kier molecular flexibility index (Phi) is 4.83. The molecule has 0 fully saturated rings. The average molecular weight is 293 g/mol. The van der Waals surface area contributed by atoms with Crippen LogP contribution in [0.2, 0.25) is 0 Å². The van der Waals surface area contributed by atoms with E-state index in [1.807, 2.05) is 0 Å². The molecule has 0 radical (unpaired) electrons. The summed E-state index contributed by atoms with van der Waals surface area (Å²) in [6.07, 6.45) is -4.90. The van der Waals surface area contributed by atoms with Crippen LogP contribution in [-0.2, 0) is 17.4 Å². The zero-order valence-electron chi connectivity index (χ0n) is 10.8. The molecule has 0 aliphatic heterocycles. The maximum Gasteiger partial charge on any atom is 0.420 e. The highest BCUT2D eigenvalue weighted by molar-refractivity contribution is 5.73. The number of aliphatic carboxylic acids is 1. The van der Waals surface area contributed by atoms with Gasteiger partial charge in [-0.15, -0.1) is 0 Å². The van der Waals surface area contributed by atoms with Gasteiger partial charge in [-0.1, -0.05) is 0 Å². The van der Waals surface area contributed by atoms with Crippen LogP contribution in [0.25, 0.3) is 0 Å². The number of hydrogen-bond acceptors (Lipinski definition) is 4. The maximum absolute atomic E-state index is 12.9. The lowest BCUT2D eigenvalue weighted by Gasteiger charge is -2.17. The second-order valence-corrected chi connectivity index (χ2v) is 4.03. The molecule has 20 heavy (non-hydrogen) atoms. The molecule has 0 saturated carbocycles. The van der Waals surface area contributed by atoms with Crippen LogP contribution in [-0.4, -0.2) is 31.3 Å². The van der Waals surface area contributed by atoms with E-state index in [2.05, 4.69) is 0 Å². The van der Waals surface area contributed by atoms with Crippen LogP contribution in [0.15, 0.2) is 12.1 Å². The summed E-state index contributed by atoms with van der Waals surface area (Å²) >= 11 is 0. The Morgan fingerprint density at radius 1 is 1.35 bits per heavy atom. The van der Waals surface area contributed by atoms with E-state index in [9.17, 15) is 18.0 Å². The molecule has 112 valence electrons. The minimum atomic E-state index is -4.65. The lowest BCUT2D eigenvalue weighted by Crippen LogP contribution is -2.32. The van der Waals surface area contributed by atoms with E-state index >= 15 is 0 Å². The van der Waals surface area contributed by atoms with Crippen molar-refractivity contribution in [2.45, 2.75) is 18.6 Å². The van der Waals surface area contributed by atoms with Gasteiger partial charge in [0.25, 0.3) is 0 Å². The van der Waals surface area contributed by atoms with Gasteiger partial charge < -0.3 is 20.3 Å². The Labute approximate surface area is 113 Å². The third-order valence-corrected chi connectivity index (χ3v) is 2.62. The number of rotatable bonds is 5. The van der Waals surface area contributed by atoms with Crippen molar-refractivity contribution in [1.82, 2.24) is 0 Å². The van der Waals surface area contributed by atoms with Crippen LogP contribution < -0.4 is 15.2 Å². The van der Waals surface area contributed by atoms with Crippen molar-refractivity contribution in [2.75, 3.05) is 14.2 Å². The van der Waals surface area contributed by atoms with Crippen molar-refractivity contribution in [3.63, 3.8) is 0 Å². The van der Waals surface area contributed by atoms with Gasteiger partial charge in [-0.25, -0.2) is 0 Å². The molecule has 1 atom stereocenters. The monoisotopic (exact) mass is 293 g/mol. The number of hydrogen-bond donors (Lipinski definition) is 2. The lowest BCUT2D eigenvalue weighted by atomic mass is 10.0. The van der Waals surface area contributed by atoms with E-state index in [0.29, 0.717) is 0 Å². The normalized spacial score (nSPS) is 12.9. The van der Waals surface area contributed by atoms with Gasteiger partial charge in [0.15, 0.2) is 11.5 Å². The Balaban J connectivity index is 3.32. The molecule has 0 aliphatic rings. The van der Waals surface area contributed by atoms with E-state index < -0.39 is 29.5 Å². The Morgan fingerprint density at radius 3 is 2.35 bits per heavy atom. The zero-order chi connectivity index (χ0) is 15.5. The summed E-state index contributed by atoms with van der Waals surface area (Å²) in [5.74, 6) is -1.88. The average Bonchev–Trinajstić information content (AvgIpc) is 2.36. The molecule has 1 aromatic carbocycles. The minimum Gasteiger partial charge on any atom is -0.493 e. The molecule has 1 aromatic rings. The van der Waals surface area contributed by atoms with E-state index in [1.54, 1.807) is 0 Å². The topological polar surface area (TPSA) is 81.8 Å². The van der Waals surface area contributed by atoms with Crippen molar-refractivity contribution in [3.8, 4) is 11.5 Å². The lowest BCUT2D eigenvalue weighted by molar-refractivity contribution is -0.139. The number of carboxylic acid groups (broad SMARTS) is 1. The molecule has 5 nitrogen and oxygen atoms in total. The fraction of sp³-hybridized carbons (Fsp3) is 0.417. The highest BCUT2D eigenvalue weighted by Crippen LogP contribution is 2.42. The van der Waals surface area contributed by atoms with E-state index in [-0.39, 0.29) is 17.7 Å². The van der Waals surface area contributed by atoms with Gasteiger partial charge in [0.05, 0.1) is 14.2 Å². The van der Waals surface area contributed by atoms with Gasteiger partial charge in [0.1, 0.15) is 11.6 Å². The maximum atomic E-state index is 12.9. The first kappa shape index (κ1) is 16.1. The second kappa shape index (κ2) is 6.00. The number of nitrogens with two attached hydrogens (primary N) is 1. The van der Waals surface area contributed by atoms with Crippen LogP contribution in [0.1, 0.15) is 11.1 Å². The summed E-state index contributed by atoms with van der Waals surface area (Å²) in [4.78, 5) is 10.7. The third-order valence-electron chi connectivity index (χ3n) is 2.62. The van der Waals surface area contributed by atoms with Gasteiger partial charge in [0, 0.05) is 0 Å². The molecule has 0 amide bonds. The molecule has 0 spiro atoms. The second-order valence-electron chi connectivity index (χ2n) is 4.03. The molecule has 0 bridgehead atoms. The number of halogens is 3. The summed E-state index contributed by atoms with van der Waals surface area (Å²) in [6, 6.07) is 0.787. The molecule has 0 saturated heterocycles. The molecule has 1 unspecified atom stereocenters. The number of alkyl halides is 3. The smallest absolute Gasteiger partial charge is 0.420 e. The highest BCUT2D eigenvalue weighted by atomic mass is 19.4. The summed E-state index contributed by atoms with van der Waals surface area (Å²) in [6.45, 7) is 0. The summed E-state index contributed by atoms with van der Waals surface area (Å²) in [5, 5.41) is 8.70. The fourth-order valence-electron chi connectivity index (χ4n) is 1.69. The molecule has 0 aromatic heterocycles. The molecule has 0 aliphatic carbocycles. The Morgan fingerprint density at radius 2 is 1.95 bits per heavy atom. The Bertz CT molecular complexity index is 502. The van der Waals surface area contributed by atoms with Gasteiger partial charge in [-0.2, -0.15) is 13.2 Å². The molecule has 3 N–H and O–H groups in total. The number of methoxy groups -OCH3 is 2. The van der Waals surface area contributed by atoms with Gasteiger partial charge >= 0.3 is 12.1 Å². The van der Waals surface area contributed by atoms with Crippen molar-refractivity contribution < 1.29 is 32.5 Å². The van der Waals surface area contributed by atoms with Crippen LogP contribution in [0.4, 0.5) is 13.2 Å². The Hall–Kier alpha value is -1.96. The first-order chi connectivity index (χ1) is 9.20. The fourth-order valence-corrected chi connectivity index (χ4v) is 1.69. The van der Waals surface area contributed by atoms with Crippen molar-refractivity contribution >= 4 is 5.97 Å². The number of carbonyl (C=O) groups is 1. The summed E-state index contributed by atoms with van der Waals surface area (Å²) < 4.78 is 48.4. The van der Waals surface area contributed by atoms with Crippen LogP contribution >= 0.6 is 0 Å². The summed E-state index contributed by atoms with van der Waals surface area (Å²) in [7, 11) is 2.29. The first-order valence-electron chi connectivity index (χ1n) is 5.51. The molecular weight excluding hydrogens is 279 g/mol. The third kappa shape index (κ3) is 3.53. The van der Waals surface area contributed by atoms with Crippen molar-refractivity contribution in [1.29, 1.82) is 0 Å². The number of ether oxygens (including phenoxy) is 2. The number of carboxylic acids is 1. The quantitative estimate of drug-likeness (QED) is 0.863. The summed E-state index contributed by atoms with van der Waals surface area (Å²) in [5.41, 5.74) is 4.38. The first-order valence-corrected chi connectivity index (χ1v) is 5.51. The highest BCUT2D eigenvalue weighted by Gasteiger charge is 2.36. The predicted molar refractivity (Wildman–Crippen MR) is 63.9 cm³/mol. The molecule has 8 heteroatoms. The zero-order valence-corrected chi connectivity index (χ0v) is 10.8. The van der Waals surface area contributed by atoms with Crippen LogP contribution in [0.5, 0.6) is 11.5 Å². The minimum absolute atomic E-state index is 0.102. The van der Waals surface area contributed by atoms with Crippen molar-refractivity contribution in [2.24, 2.45) is 5.73 Å². The van der Waals surface area contributed by atoms with E-state index in [4.69, 9.17) is 20.3 Å². The molecule has 0 heterocycles. The largest absolute Gasteiger partial charge is 0.493 e. The van der Waals surface area contributed by atoms with Gasteiger partial charge in [-0.3, -0.25) is 4.79 Å². The van der Waals surface area contributed by atoms with Crippen LogP contribution in [0.3, 0.4) is 0 Å². The van der Waals surface area contributed by atoms with Gasteiger partial charge in [-0.05, 0) is 24.1 Å². The SMILES string of the molecule is COc1cc(CC(N)C(=O)O)cc(C(F)(F)F)c1OC. The van der Waals surface area contributed by atoms with E-state index in [1.165, 1.54) is 13.2 Å².